The van der Waals surface area contributed by atoms with Crippen molar-refractivity contribution in [3.8, 4) is 0 Å². The Hall–Kier alpha value is -0.810. The van der Waals surface area contributed by atoms with E-state index in [9.17, 15) is 4.79 Å². The molecular weight excluding hydrogens is 206 g/mol. The van der Waals surface area contributed by atoms with Crippen LogP contribution >= 0.6 is 0 Å². The molecule has 0 atom stereocenters. The summed E-state index contributed by atoms with van der Waals surface area (Å²) in [4.78, 5) is 11.6. The number of carbonyl (C=O) groups excluding carboxylic acids is 1. The monoisotopic (exact) mass is 229 g/mol. The minimum atomic E-state index is -0.483. The molecular formula is C11H23N3O2. The fraction of sp³-hybridized carbons (Fsp3) is 0.909. The third-order valence-corrected chi connectivity index (χ3v) is 2.54. The highest BCUT2D eigenvalue weighted by Gasteiger charge is 2.23. The van der Waals surface area contributed by atoms with E-state index in [0.29, 0.717) is 12.5 Å². The van der Waals surface area contributed by atoms with Crippen LogP contribution in [0.4, 0.5) is 4.79 Å². The van der Waals surface area contributed by atoms with Crippen molar-refractivity contribution in [1.29, 1.82) is 0 Å². The predicted octanol–water partition coefficient (Wildman–Crippen LogP) is 1.10. The first kappa shape index (κ1) is 13.3. The highest BCUT2D eigenvalue weighted by Crippen LogP contribution is 2.14. The lowest BCUT2D eigenvalue weighted by Gasteiger charge is -2.29. The fourth-order valence-corrected chi connectivity index (χ4v) is 1.74. The van der Waals surface area contributed by atoms with Gasteiger partial charge < -0.3 is 10.1 Å². The Labute approximate surface area is 97.3 Å². The van der Waals surface area contributed by atoms with Crippen LogP contribution in [0.1, 0.15) is 33.6 Å². The zero-order valence-electron chi connectivity index (χ0n) is 10.5. The van der Waals surface area contributed by atoms with Crippen LogP contribution in [0.15, 0.2) is 0 Å². The summed E-state index contributed by atoms with van der Waals surface area (Å²) in [5, 5.41) is 4.48. The van der Waals surface area contributed by atoms with Gasteiger partial charge in [-0.25, -0.2) is 15.6 Å². The Bertz CT molecular complexity index is 232. The minimum absolute atomic E-state index is 0.439. The molecule has 1 rings (SSSR count). The van der Waals surface area contributed by atoms with Gasteiger partial charge in [-0.05, 0) is 52.6 Å². The van der Waals surface area contributed by atoms with E-state index in [1.165, 1.54) is 5.01 Å². The third-order valence-electron chi connectivity index (χ3n) is 2.54. The van der Waals surface area contributed by atoms with Gasteiger partial charge in [0.1, 0.15) is 5.60 Å². The summed E-state index contributed by atoms with van der Waals surface area (Å²) in [6.45, 7) is 8.10. The predicted molar refractivity (Wildman–Crippen MR) is 62.7 cm³/mol. The van der Waals surface area contributed by atoms with Gasteiger partial charge in [-0.1, -0.05) is 0 Å². The Morgan fingerprint density at radius 1 is 1.44 bits per heavy atom. The van der Waals surface area contributed by atoms with Gasteiger partial charge in [-0.15, -0.1) is 0 Å². The number of hydrogen-bond acceptors (Lipinski definition) is 4. The van der Waals surface area contributed by atoms with E-state index in [1.54, 1.807) is 0 Å². The average molecular weight is 229 g/mol. The molecule has 5 nitrogen and oxygen atoms in total. The normalized spacial score (nSPS) is 18.2. The van der Waals surface area contributed by atoms with E-state index in [2.05, 4.69) is 5.32 Å². The van der Waals surface area contributed by atoms with Crippen LogP contribution in [0, 0.1) is 5.92 Å². The van der Waals surface area contributed by atoms with Gasteiger partial charge in [0.05, 0.1) is 0 Å². The van der Waals surface area contributed by atoms with Crippen molar-refractivity contribution < 1.29 is 9.53 Å². The number of hydrogen-bond donors (Lipinski definition) is 2. The fourth-order valence-electron chi connectivity index (χ4n) is 1.74. The SMILES string of the molecule is CC(C)(C)OC(=O)N(N)CC1CCNCC1. The molecule has 94 valence electrons. The number of hydrazine groups is 1. The van der Waals surface area contributed by atoms with Crippen LogP contribution in [0.25, 0.3) is 0 Å². The molecule has 1 aliphatic heterocycles. The molecule has 1 saturated heterocycles. The zero-order chi connectivity index (χ0) is 12.2. The Morgan fingerprint density at radius 2 is 2.00 bits per heavy atom. The van der Waals surface area contributed by atoms with Crippen LogP contribution in [-0.4, -0.2) is 36.3 Å². The maximum absolute atomic E-state index is 11.6. The molecule has 1 fully saturated rings. The molecule has 0 aromatic carbocycles. The van der Waals surface area contributed by atoms with Crippen molar-refractivity contribution in [2.24, 2.45) is 11.8 Å². The summed E-state index contributed by atoms with van der Waals surface area (Å²) >= 11 is 0. The molecule has 0 aromatic rings. The van der Waals surface area contributed by atoms with Gasteiger partial charge >= 0.3 is 6.09 Å². The number of nitrogens with one attached hydrogen (secondary N) is 1. The Balaban J connectivity index is 2.33. The number of nitrogens with two attached hydrogens (primary N) is 1. The standard InChI is InChI=1S/C11H23N3O2/c1-11(2,3)16-10(15)14(12)8-9-4-6-13-7-5-9/h9,13H,4-8,12H2,1-3H3. The maximum atomic E-state index is 11.6. The molecule has 5 heteroatoms. The highest BCUT2D eigenvalue weighted by molar-refractivity contribution is 5.67. The first-order chi connectivity index (χ1) is 7.38. The van der Waals surface area contributed by atoms with Crippen LogP contribution < -0.4 is 11.2 Å². The van der Waals surface area contributed by atoms with Gasteiger partial charge in [-0.3, -0.25) is 0 Å². The number of amides is 1. The van der Waals surface area contributed by atoms with E-state index < -0.39 is 11.7 Å². The second-order valence-electron chi connectivity index (χ2n) is 5.33. The molecule has 1 amide bonds. The number of ether oxygens (including phenoxy) is 1. The van der Waals surface area contributed by atoms with Crippen molar-refractivity contribution in [3.63, 3.8) is 0 Å². The van der Waals surface area contributed by atoms with E-state index in [-0.39, 0.29) is 0 Å². The molecule has 1 heterocycles. The Kier molecular flexibility index (Phi) is 4.56. The molecule has 0 unspecified atom stereocenters. The topological polar surface area (TPSA) is 67.6 Å². The maximum Gasteiger partial charge on any atom is 0.424 e. The van der Waals surface area contributed by atoms with Crippen molar-refractivity contribution >= 4 is 6.09 Å². The summed E-state index contributed by atoms with van der Waals surface area (Å²) in [6.07, 6.45) is 1.69. The van der Waals surface area contributed by atoms with Gasteiger partial charge in [0, 0.05) is 6.54 Å². The van der Waals surface area contributed by atoms with Crippen molar-refractivity contribution in [3.05, 3.63) is 0 Å². The first-order valence-corrected chi connectivity index (χ1v) is 5.84. The molecule has 0 aromatic heterocycles. The number of carbonyl (C=O) groups is 1. The molecule has 0 spiro atoms. The van der Waals surface area contributed by atoms with E-state index in [1.807, 2.05) is 20.8 Å². The van der Waals surface area contributed by atoms with E-state index in [4.69, 9.17) is 10.6 Å². The molecule has 0 aliphatic carbocycles. The van der Waals surface area contributed by atoms with E-state index >= 15 is 0 Å². The summed E-state index contributed by atoms with van der Waals surface area (Å²) in [5.41, 5.74) is -0.483. The van der Waals surface area contributed by atoms with Crippen molar-refractivity contribution in [2.45, 2.75) is 39.2 Å². The molecule has 0 bridgehead atoms. The molecule has 3 N–H and O–H groups in total. The number of piperidine rings is 1. The first-order valence-electron chi connectivity index (χ1n) is 5.84. The summed E-state index contributed by atoms with van der Waals surface area (Å²) in [6, 6.07) is 0. The molecule has 0 radical (unpaired) electrons. The minimum Gasteiger partial charge on any atom is -0.443 e. The highest BCUT2D eigenvalue weighted by atomic mass is 16.6. The van der Waals surface area contributed by atoms with Crippen molar-refractivity contribution in [1.82, 2.24) is 10.3 Å². The third kappa shape index (κ3) is 4.81. The number of rotatable bonds is 2. The van der Waals surface area contributed by atoms with Gasteiger partial charge in [0.25, 0.3) is 0 Å². The van der Waals surface area contributed by atoms with Gasteiger partial charge in [0.15, 0.2) is 0 Å². The molecule has 0 saturated carbocycles. The Morgan fingerprint density at radius 3 is 2.50 bits per heavy atom. The van der Waals surface area contributed by atoms with E-state index in [0.717, 1.165) is 25.9 Å². The zero-order valence-corrected chi connectivity index (χ0v) is 10.5. The summed E-state index contributed by atoms with van der Waals surface area (Å²) in [7, 11) is 0. The molecule has 1 aliphatic rings. The van der Waals surface area contributed by atoms with Gasteiger partial charge in [-0.2, -0.15) is 0 Å². The van der Waals surface area contributed by atoms with Gasteiger partial charge in [0.2, 0.25) is 0 Å². The second-order valence-corrected chi connectivity index (χ2v) is 5.33. The number of nitrogens with zero attached hydrogens (tertiary/aromatic N) is 1. The second kappa shape index (κ2) is 5.50. The lowest BCUT2D eigenvalue weighted by atomic mass is 9.98. The van der Waals surface area contributed by atoms with Crippen LogP contribution in [0.5, 0.6) is 0 Å². The summed E-state index contributed by atoms with van der Waals surface area (Å²) in [5.74, 6) is 6.18. The van der Waals surface area contributed by atoms with Crippen molar-refractivity contribution in [2.75, 3.05) is 19.6 Å². The average Bonchev–Trinajstić information content (AvgIpc) is 2.16. The molecule has 16 heavy (non-hydrogen) atoms. The smallest absolute Gasteiger partial charge is 0.424 e. The van der Waals surface area contributed by atoms with Crippen LogP contribution in [-0.2, 0) is 4.74 Å². The quantitative estimate of drug-likeness (QED) is 0.422. The summed E-state index contributed by atoms with van der Waals surface area (Å²) < 4.78 is 5.19. The van der Waals surface area contributed by atoms with Crippen LogP contribution in [0.2, 0.25) is 0 Å². The van der Waals surface area contributed by atoms with Crippen LogP contribution in [0.3, 0.4) is 0 Å². The lowest BCUT2D eigenvalue weighted by Crippen LogP contribution is -2.45. The largest absolute Gasteiger partial charge is 0.443 e. The lowest BCUT2D eigenvalue weighted by molar-refractivity contribution is 0.0208.